The first-order valence-electron chi connectivity index (χ1n) is 12.0. The van der Waals surface area contributed by atoms with E-state index in [1.165, 1.54) is 12.5 Å². The quantitative estimate of drug-likeness (QED) is 0.593. The number of amidine groups is 1. The molecule has 0 radical (unpaired) electrons. The number of aliphatic imine (C=N–C) groups is 1. The maximum Gasteiger partial charge on any atom is 0.213 e. The van der Waals surface area contributed by atoms with Gasteiger partial charge in [-0.3, -0.25) is 0 Å². The van der Waals surface area contributed by atoms with Gasteiger partial charge in [-0.1, -0.05) is 13.8 Å². The largest absolute Gasteiger partial charge is 0.477 e. The molecule has 1 aliphatic heterocycles. The molecule has 1 saturated heterocycles. The van der Waals surface area contributed by atoms with Crippen LogP contribution in [0.25, 0.3) is 0 Å². The zero-order valence-electron chi connectivity index (χ0n) is 19.9. The predicted molar refractivity (Wildman–Crippen MR) is 126 cm³/mol. The maximum atomic E-state index is 12.8. The van der Waals surface area contributed by atoms with Crippen LogP contribution < -0.4 is 4.74 Å². The molecule has 9 heteroatoms. The number of aromatic nitrogens is 1. The summed E-state index contributed by atoms with van der Waals surface area (Å²) in [6.07, 6.45) is 9.31. The summed E-state index contributed by atoms with van der Waals surface area (Å²) < 4.78 is 31.0. The molecule has 5 aliphatic rings. The molecule has 0 spiro atoms. The standard InChI is InChI=1S/C25H31N5O3S/c1-24(2)20(14-33-21-5-4-16(11-26)12-28-21)13-30(23(24)29-15-27)22-18-6-17-7-19(22)10-25(8-17,9-18)34(3,31)32/h4-5,12,17-20,22H,6-10,13-14H2,1-3H3. The van der Waals surface area contributed by atoms with Crippen LogP contribution in [0.15, 0.2) is 23.3 Å². The zero-order valence-corrected chi connectivity index (χ0v) is 20.8. The smallest absolute Gasteiger partial charge is 0.213 e. The van der Waals surface area contributed by atoms with E-state index in [4.69, 9.17) is 10.00 Å². The second-order valence-electron chi connectivity index (χ2n) is 11.3. The van der Waals surface area contributed by atoms with E-state index in [0.29, 0.717) is 35.8 Å². The normalized spacial score (nSPS) is 36.9. The molecule has 4 saturated carbocycles. The van der Waals surface area contributed by atoms with Gasteiger partial charge in [0, 0.05) is 42.4 Å². The van der Waals surface area contributed by atoms with Crippen molar-refractivity contribution < 1.29 is 13.2 Å². The number of rotatable bonds is 5. The van der Waals surface area contributed by atoms with Crippen LogP contribution in [0.2, 0.25) is 0 Å². The second-order valence-corrected chi connectivity index (χ2v) is 13.7. The van der Waals surface area contributed by atoms with Gasteiger partial charge >= 0.3 is 0 Å². The summed E-state index contributed by atoms with van der Waals surface area (Å²) in [7, 11) is -3.12. The monoisotopic (exact) mass is 481 g/mol. The third-order valence-corrected chi connectivity index (χ3v) is 11.1. The minimum Gasteiger partial charge on any atom is -0.477 e. The van der Waals surface area contributed by atoms with Gasteiger partial charge in [0.05, 0.1) is 16.9 Å². The third-order valence-electron chi connectivity index (χ3n) is 9.05. The van der Waals surface area contributed by atoms with E-state index in [1.54, 1.807) is 12.1 Å². The summed E-state index contributed by atoms with van der Waals surface area (Å²) in [6.45, 7) is 5.36. The Balaban J connectivity index is 1.39. The molecular weight excluding hydrogens is 450 g/mol. The molecule has 8 nitrogen and oxygen atoms in total. The fourth-order valence-electron chi connectivity index (χ4n) is 7.49. The lowest BCUT2D eigenvalue weighted by Crippen LogP contribution is -2.64. The Bertz CT molecular complexity index is 1180. The molecule has 3 unspecified atom stereocenters. The third kappa shape index (κ3) is 3.56. The van der Waals surface area contributed by atoms with Gasteiger partial charge in [0.2, 0.25) is 12.1 Å². The van der Waals surface area contributed by atoms with Gasteiger partial charge in [-0.2, -0.15) is 15.5 Å². The molecule has 0 aromatic carbocycles. The fraction of sp³-hybridized carbons (Fsp3) is 0.680. The number of nitrogens with zero attached hydrogens (tertiary/aromatic N) is 5. The summed E-state index contributed by atoms with van der Waals surface area (Å²) in [6, 6.07) is 5.66. The highest BCUT2D eigenvalue weighted by Crippen LogP contribution is 2.60. The number of ether oxygens (including phenoxy) is 1. The molecule has 1 aromatic rings. The molecule has 180 valence electrons. The Hall–Kier alpha value is -2.65. The number of hydrogen-bond acceptors (Lipinski definition) is 7. The first-order chi connectivity index (χ1) is 16.1. The molecule has 3 atom stereocenters. The number of pyridine rings is 1. The molecule has 0 amide bonds. The number of likely N-dealkylation sites (tertiary alicyclic amines) is 1. The minimum atomic E-state index is -3.12. The molecule has 4 bridgehead atoms. The van der Waals surface area contributed by atoms with Crippen molar-refractivity contribution in [2.75, 3.05) is 19.4 Å². The Morgan fingerprint density at radius 2 is 1.91 bits per heavy atom. The first-order valence-corrected chi connectivity index (χ1v) is 13.9. The lowest BCUT2D eigenvalue weighted by atomic mass is 9.53. The van der Waals surface area contributed by atoms with E-state index >= 15 is 0 Å². The Kier molecular flexibility index (Phi) is 5.40. The first kappa shape index (κ1) is 23.1. The Labute approximate surface area is 201 Å². The van der Waals surface area contributed by atoms with Crippen LogP contribution in [-0.2, 0) is 9.84 Å². The van der Waals surface area contributed by atoms with Crippen LogP contribution in [-0.4, -0.2) is 54.3 Å². The molecule has 6 rings (SSSR count). The highest BCUT2D eigenvalue weighted by Gasteiger charge is 2.62. The van der Waals surface area contributed by atoms with Crippen LogP contribution >= 0.6 is 0 Å². The Morgan fingerprint density at radius 3 is 2.47 bits per heavy atom. The van der Waals surface area contributed by atoms with Gasteiger partial charge in [-0.05, 0) is 55.9 Å². The lowest BCUT2D eigenvalue weighted by molar-refractivity contribution is -0.0332. The molecule has 34 heavy (non-hydrogen) atoms. The minimum absolute atomic E-state index is 0.0955. The molecular formula is C25H31N5O3S. The van der Waals surface area contributed by atoms with Crippen molar-refractivity contribution in [3.05, 3.63) is 23.9 Å². The van der Waals surface area contributed by atoms with E-state index < -0.39 is 14.6 Å². The van der Waals surface area contributed by atoms with E-state index in [-0.39, 0.29) is 17.4 Å². The topological polar surface area (TPSA) is 119 Å². The maximum absolute atomic E-state index is 12.8. The summed E-state index contributed by atoms with van der Waals surface area (Å²) >= 11 is 0. The van der Waals surface area contributed by atoms with Gasteiger partial charge in [0.1, 0.15) is 11.9 Å². The average Bonchev–Trinajstić information content (AvgIpc) is 3.01. The predicted octanol–water partition coefficient (Wildman–Crippen LogP) is 3.16. The summed E-state index contributed by atoms with van der Waals surface area (Å²) in [5.74, 6) is 2.45. The van der Waals surface area contributed by atoms with Crippen molar-refractivity contribution in [3.63, 3.8) is 0 Å². The fourth-order valence-corrected chi connectivity index (χ4v) is 9.06. The second kappa shape index (κ2) is 7.95. The molecule has 1 aromatic heterocycles. The van der Waals surface area contributed by atoms with Gasteiger partial charge in [-0.25, -0.2) is 13.4 Å². The van der Waals surface area contributed by atoms with Gasteiger partial charge in [0.15, 0.2) is 9.84 Å². The zero-order chi connectivity index (χ0) is 24.3. The van der Waals surface area contributed by atoms with Crippen molar-refractivity contribution in [3.8, 4) is 18.1 Å². The highest BCUT2D eigenvalue weighted by molar-refractivity contribution is 7.92. The average molecular weight is 482 g/mol. The molecule has 2 heterocycles. The van der Waals surface area contributed by atoms with Crippen LogP contribution in [0, 0.1) is 51.9 Å². The van der Waals surface area contributed by atoms with E-state index in [1.807, 2.05) is 6.19 Å². The van der Waals surface area contributed by atoms with Gasteiger partial charge < -0.3 is 9.64 Å². The SMILES string of the molecule is CC1(C)C(=NC#N)N(C2C3CC4CC2CC(S(C)(=O)=O)(C4)C3)CC1COc1ccc(C#N)cn1. The molecule has 4 aliphatic carbocycles. The summed E-state index contributed by atoms with van der Waals surface area (Å²) in [4.78, 5) is 10.8. The number of hydrogen-bond donors (Lipinski definition) is 0. The van der Waals surface area contributed by atoms with Crippen LogP contribution in [0.4, 0.5) is 0 Å². The van der Waals surface area contributed by atoms with E-state index in [9.17, 15) is 13.7 Å². The van der Waals surface area contributed by atoms with Crippen molar-refractivity contribution in [1.82, 2.24) is 9.88 Å². The van der Waals surface area contributed by atoms with Crippen LogP contribution in [0.5, 0.6) is 5.88 Å². The van der Waals surface area contributed by atoms with Gasteiger partial charge in [-0.15, -0.1) is 0 Å². The summed E-state index contributed by atoms with van der Waals surface area (Å²) in [5, 5.41) is 18.5. The molecule has 5 fully saturated rings. The van der Waals surface area contributed by atoms with Crippen molar-refractivity contribution in [2.45, 2.75) is 56.7 Å². The Morgan fingerprint density at radius 1 is 1.21 bits per heavy atom. The van der Waals surface area contributed by atoms with E-state index in [2.05, 4.69) is 34.8 Å². The summed E-state index contributed by atoms with van der Waals surface area (Å²) in [5.41, 5.74) is 0.114. The van der Waals surface area contributed by atoms with Crippen molar-refractivity contribution >= 4 is 15.7 Å². The van der Waals surface area contributed by atoms with E-state index in [0.717, 1.165) is 44.5 Å². The van der Waals surface area contributed by atoms with Gasteiger partial charge in [0.25, 0.3) is 0 Å². The number of nitriles is 2. The van der Waals surface area contributed by atoms with Crippen LogP contribution in [0.1, 0.15) is 51.5 Å². The van der Waals surface area contributed by atoms with Crippen LogP contribution in [0.3, 0.4) is 0 Å². The van der Waals surface area contributed by atoms with Crippen molar-refractivity contribution in [2.24, 2.45) is 34.1 Å². The highest BCUT2D eigenvalue weighted by atomic mass is 32.2. The lowest BCUT2D eigenvalue weighted by Gasteiger charge is -2.61. The number of sulfone groups is 1. The van der Waals surface area contributed by atoms with Crippen molar-refractivity contribution in [1.29, 1.82) is 10.5 Å². The molecule has 0 N–H and O–H groups in total.